The van der Waals surface area contributed by atoms with Crippen molar-refractivity contribution in [2.75, 3.05) is 39.3 Å². The first-order chi connectivity index (χ1) is 25.8. The average molecular weight is 741 g/mol. The number of amides is 2. The van der Waals surface area contributed by atoms with Crippen molar-refractivity contribution in [3.05, 3.63) is 83.4 Å². The summed E-state index contributed by atoms with van der Waals surface area (Å²) >= 11 is 0. The van der Waals surface area contributed by atoms with E-state index in [0.717, 1.165) is 28.8 Å². The molecule has 0 aromatic heterocycles. The zero-order valence-electron chi connectivity index (χ0n) is 32.5. The third kappa shape index (κ3) is 7.77. The number of fused-ring (bicyclic) bond motifs is 2. The largest absolute Gasteiger partial charge is 0.496 e. The molecule has 11 nitrogen and oxygen atoms in total. The first-order valence-corrected chi connectivity index (χ1v) is 19.1. The van der Waals surface area contributed by atoms with E-state index in [-0.39, 0.29) is 42.2 Å². The summed E-state index contributed by atoms with van der Waals surface area (Å²) in [5.41, 5.74) is 4.63. The number of rotatable bonds is 14. The zero-order chi connectivity index (χ0) is 38.9. The molecule has 1 aliphatic heterocycles. The predicted molar refractivity (Wildman–Crippen MR) is 208 cm³/mol. The van der Waals surface area contributed by atoms with Crippen LogP contribution in [0.1, 0.15) is 62.0 Å². The van der Waals surface area contributed by atoms with Crippen LogP contribution in [0.25, 0.3) is 11.1 Å². The molecule has 2 amide bonds. The van der Waals surface area contributed by atoms with Gasteiger partial charge >= 0.3 is 0 Å². The summed E-state index contributed by atoms with van der Waals surface area (Å²) in [6.07, 6.45) is 1.69. The number of carbonyl (C=O) groups excluding carboxylic acids is 3. The van der Waals surface area contributed by atoms with Crippen molar-refractivity contribution in [2.45, 2.75) is 77.7 Å². The topological polar surface area (TPSA) is 141 Å². The molecule has 4 N–H and O–H groups in total. The standard InChI is InChI=1S/C43H56N4O7/c1-25-35-20-31(43(35,3)4)21-36(25)45-42(52)39-38(26(2)50)37(24-49)54-47(39)22-28-14-11-15-34(40(28)53-7)29-17-30(19-33(18-29)46(5)6)41(51)44-32(23-48)16-27-12-9-8-10-13-27/h8-15,17-19,25,31-32,35-39,48-49H,16,20-24H2,1-7H3,(H,44,51)(H,45,52)/t25-,31+,32+,35-,36-,37-,38+,39-/m0/s1. The van der Waals surface area contributed by atoms with Crippen molar-refractivity contribution in [1.82, 2.24) is 15.7 Å². The van der Waals surface area contributed by atoms with Gasteiger partial charge in [0.15, 0.2) is 0 Å². The van der Waals surface area contributed by atoms with Gasteiger partial charge in [-0.05, 0) is 78.7 Å². The molecule has 3 aliphatic carbocycles. The summed E-state index contributed by atoms with van der Waals surface area (Å²) in [5, 5.41) is 28.2. The van der Waals surface area contributed by atoms with Crippen LogP contribution in [-0.2, 0) is 27.4 Å². The average Bonchev–Trinajstić information content (AvgIpc) is 3.53. The van der Waals surface area contributed by atoms with Crippen molar-refractivity contribution < 1.29 is 34.2 Å². The van der Waals surface area contributed by atoms with Gasteiger partial charge in [-0.2, -0.15) is 5.06 Å². The van der Waals surface area contributed by atoms with Crippen molar-refractivity contribution >= 4 is 23.3 Å². The Hall–Kier alpha value is -4.29. The predicted octanol–water partition coefficient (Wildman–Crippen LogP) is 4.63. The summed E-state index contributed by atoms with van der Waals surface area (Å²) in [7, 11) is 5.37. The molecule has 7 rings (SSSR count). The number of aliphatic hydroxyl groups is 2. The molecule has 3 saturated carbocycles. The summed E-state index contributed by atoms with van der Waals surface area (Å²) in [4.78, 5) is 49.1. The maximum atomic E-state index is 14.2. The van der Waals surface area contributed by atoms with Gasteiger partial charge < -0.3 is 30.5 Å². The number of methoxy groups -OCH3 is 1. The van der Waals surface area contributed by atoms with Gasteiger partial charge in [0.1, 0.15) is 23.7 Å². The molecule has 2 bridgehead atoms. The fourth-order valence-electron chi connectivity index (χ4n) is 9.19. The number of anilines is 1. The second kappa shape index (κ2) is 16.2. The van der Waals surface area contributed by atoms with Crippen LogP contribution in [0, 0.1) is 29.1 Å². The molecular weight excluding hydrogens is 684 g/mol. The summed E-state index contributed by atoms with van der Waals surface area (Å²) in [5.74, 6) is 0.227. The molecule has 0 spiro atoms. The number of nitrogens with one attached hydrogen (secondary N) is 2. The Morgan fingerprint density at radius 3 is 2.39 bits per heavy atom. The van der Waals surface area contributed by atoms with Gasteiger partial charge in [0.05, 0.1) is 38.8 Å². The van der Waals surface area contributed by atoms with Gasteiger partial charge in [-0.15, -0.1) is 0 Å². The molecule has 1 saturated heterocycles. The molecule has 0 radical (unpaired) electrons. The van der Waals surface area contributed by atoms with E-state index in [1.54, 1.807) is 13.2 Å². The lowest BCUT2D eigenvalue weighted by atomic mass is 9.45. The normalized spacial score (nSPS) is 26.4. The second-order valence-corrected chi connectivity index (χ2v) is 16.3. The minimum absolute atomic E-state index is 0.00357. The fraction of sp³-hybridized carbons (Fsp3) is 0.512. The Morgan fingerprint density at radius 2 is 1.78 bits per heavy atom. The molecule has 290 valence electrons. The molecule has 1 heterocycles. The maximum Gasteiger partial charge on any atom is 0.251 e. The number of ketones is 1. The smallest absolute Gasteiger partial charge is 0.251 e. The first-order valence-electron chi connectivity index (χ1n) is 19.1. The summed E-state index contributed by atoms with van der Waals surface area (Å²) in [6.45, 7) is 7.77. The molecule has 3 aromatic carbocycles. The van der Waals surface area contributed by atoms with Crippen molar-refractivity contribution in [3.8, 4) is 16.9 Å². The lowest BCUT2D eigenvalue weighted by Gasteiger charge is -2.62. The first kappa shape index (κ1) is 39.4. The number of ether oxygens (including phenoxy) is 1. The Bertz CT molecular complexity index is 1830. The quantitative estimate of drug-likeness (QED) is 0.186. The van der Waals surface area contributed by atoms with Crippen LogP contribution < -0.4 is 20.3 Å². The Balaban J connectivity index is 1.28. The van der Waals surface area contributed by atoms with Gasteiger partial charge in [0, 0.05) is 42.5 Å². The second-order valence-electron chi connectivity index (χ2n) is 16.3. The minimum atomic E-state index is -0.950. The summed E-state index contributed by atoms with van der Waals surface area (Å²) < 4.78 is 6.04. The van der Waals surface area contributed by atoms with E-state index >= 15 is 0 Å². The lowest BCUT2D eigenvalue weighted by Crippen LogP contribution is -2.62. The molecule has 4 fully saturated rings. The zero-order valence-corrected chi connectivity index (χ0v) is 32.5. The van der Waals surface area contributed by atoms with E-state index < -0.39 is 30.7 Å². The number of carbonyl (C=O) groups is 3. The fourth-order valence-corrected chi connectivity index (χ4v) is 9.19. The van der Waals surface area contributed by atoms with Gasteiger partial charge in [-0.1, -0.05) is 69.3 Å². The molecular formula is C43H56N4O7. The number of hydrogen-bond acceptors (Lipinski definition) is 9. The van der Waals surface area contributed by atoms with E-state index in [2.05, 4.69) is 31.4 Å². The van der Waals surface area contributed by atoms with Crippen LogP contribution in [0.15, 0.2) is 66.7 Å². The highest BCUT2D eigenvalue weighted by Gasteiger charge is 2.57. The number of benzene rings is 3. The molecule has 4 aliphatic rings. The number of hydrogen-bond donors (Lipinski definition) is 4. The van der Waals surface area contributed by atoms with E-state index in [1.165, 1.54) is 18.4 Å². The van der Waals surface area contributed by atoms with E-state index in [0.29, 0.717) is 41.1 Å². The van der Waals surface area contributed by atoms with E-state index in [1.807, 2.05) is 79.7 Å². The number of Topliss-reactive ketones (excluding diaryl/α,β-unsaturated/α-hetero) is 1. The molecule has 0 unspecified atom stereocenters. The molecule has 54 heavy (non-hydrogen) atoms. The SMILES string of the molecule is COc1c(CN2O[C@@H](CO)[C@@H](C(C)=O)[C@H]2C(=O)N[C@H]2C[C@H]3C[C@@H]([C@@H]2C)C3(C)C)cccc1-c1cc(C(=O)N[C@@H](CO)Cc2ccccc2)cc(N(C)C)c1. The third-order valence-corrected chi connectivity index (χ3v) is 12.4. The van der Waals surface area contributed by atoms with Gasteiger partial charge in [-0.25, -0.2) is 0 Å². The number of aliphatic hydroxyl groups excluding tert-OH is 2. The summed E-state index contributed by atoms with van der Waals surface area (Å²) in [6, 6.07) is 19.5. The van der Waals surface area contributed by atoms with Crippen molar-refractivity contribution in [3.63, 3.8) is 0 Å². The number of para-hydroxylation sites is 1. The lowest BCUT2D eigenvalue weighted by molar-refractivity contribution is -0.183. The Labute approximate surface area is 319 Å². The van der Waals surface area contributed by atoms with Crippen LogP contribution in [0.3, 0.4) is 0 Å². The molecule has 3 aromatic rings. The van der Waals surface area contributed by atoms with Crippen molar-refractivity contribution in [1.29, 1.82) is 0 Å². The van der Waals surface area contributed by atoms with Gasteiger partial charge in [-0.3, -0.25) is 19.2 Å². The van der Waals surface area contributed by atoms with Gasteiger partial charge in [0.25, 0.3) is 5.91 Å². The van der Waals surface area contributed by atoms with Crippen LogP contribution in [0.2, 0.25) is 0 Å². The highest BCUT2D eigenvalue weighted by molar-refractivity contribution is 5.97. The van der Waals surface area contributed by atoms with Crippen LogP contribution in [0.4, 0.5) is 5.69 Å². The highest BCUT2D eigenvalue weighted by Crippen LogP contribution is 2.61. The van der Waals surface area contributed by atoms with Crippen LogP contribution in [-0.4, -0.2) is 91.5 Å². The van der Waals surface area contributed by atoms with E-state index in [4.69, 9.17) is 9.57 Å². The molecule has 11 heteroatoms. The molecule has 8 atom stereocenters. The Kier molecular flexibility index (Phi) is 11.8. The number of nitrogens with zero attached hydrogens (tertiary/aromatic N) is 2. The Morgan fingerprint density at radius 1 is 1.04 bits per heavy atom. The van der Waals surface area contributed by atoms with Gasteiger partial charge in [0.2, 0.25) is 5.91 Å². The highest BCUT2D eigenvalue weighted by atomic mass is 16.7. The third-order valence-electron chi connectivity index (χ3n) is 12.4. The number of hydroxylamine groups is 2. The maximum absolute atomic E-state index is 14.2. The van der Waals surface area contributed by atoms with E-state index in [9.17, 15) is 24.6 Å². The minimum Gasteiger partial charge on any atom is -0.496 e. The monoisotopic (exact) mass is 740 g/mol. The van der Waals surface area contributed by atoms with Crippen molar-refractivity contribution in [2.24, 2.45) is 29.1 Å². The van der Waals surface area contributed by atoms with Crippen LogP contribution in [0.5, 0.6) is 5.75 Å². The van der Waals surface area contributed by atoms with Crippen LogP contribution >= 0.6 is 0 Å².